The van der Waals surface area contributed by atoms with Crippen molar-refractivity contribution in [2.45, 2.75) is 11.8 Å². The van der Waals surface area contributed by atoms with Gasteiger partial charge in [0, 0.05) is 6.20 Å². The summed E-state index contributed by atoms with van der Waals surface area (Å²) in [7, 11) is -3.89. The number of benzene rings is 1. The maximum absolute atomic E-state index is 13.0. The molecule has 0 fully saturated rings. The van der Waals surface area contributed by atoms with Gasteiger partial charge in [-0.1, -0.05) is 30.9 Å². The molecule has 0 amide bonds. The second-order valence-corrected chi connectivity index (χ2v) is 8.02. The molecule has 0 atom stereocenters. The van der Waals surface area contributed by atoms with Crippen LogP contribution >= 0.6 is 0 Å². The van der Waals surface area contributed by atoms with Gasteiger partial charge in [0.05, 0.1) is 20.9 Å². The summed E-state index contributed by atoms with van der Waals surface area (Å²) in [4.78, 5) is 28.0. The Morgan fingerprint density at radius 3 is 2.67 bits per heavy atom. The average molecular weight is 423 g/mol. The summed E-state index contributed by atoms with van der Waals surface area (Å²) in [6, 6.07) is 8.71. The lowest BCUT2D eigenvalue weighted by molar-refractivity contribution is 0.0687. The number of carboxylic acids is 1. The van der Waals surface area contributed by atoms with Gasteiger partial charge < -0.3 is 5.11 Å². The van der Waals surface area contributed by atoms with Crippen molar-refractivity contribution in [3.05, 3.63) is 94.3 Å². The Morgan fingerprint density at radius 1 is 1.23 bits per heavy atom. The number of fused-ring (bicyclic) bond motifs is 1. The molecule has 0 saturated heterocycles. The third-order valence-electron chi connectivity index (χ3n) is 4.19. The molecule has 30 heavy (non-hydrogen) atoms. The molecule has 9 heteroatoms. The molecule has 3 aromatic rings. The van der Waals surface area contributed by atoms with E-state index in [0.29, 0.717) is 0 Å². The molecule has 0 bridgehead atoms. The minimum atomic E-state index is -3.89. The molecule has 0 radical (unpaired) electrons. The highest BCUT2D eigenvalue weighted by Crippen LogP contribution is 2.23. The van der Waals surface area contributed by atoms with Crippen LogP contribution in [0, 0.1) is 0 Å². The number of hydrogen-bond acceptors (Lipinski definition) is 6. The van der Waals surface area contributed by atoms with Crippen molar-refractivity contribution < 1.29 is 18.3 Å². The number of sulfone groups is 1. The predicted molar refractivity (Wildman–Crippen MR) is 112 cm³/mol. The fourth-order valence-electron chi connectivity index (χ4n) is 2.76. The normalized spacial score (nSPS) is 12.4. The number of rotatable bonds is 6. The molecular weight excluding hydrogens is 406 g/mol. The van der Waals surface area contributed by atoms with Crippen LogP contribution < -0.4 is 5.43 Å². The molecule has 2 heterocycles. The van der Waals surface area contributed by atoms with Gasteiger partial charge in [0.1, 0.15) is 0 Å². The number of aromatic nitrogens is 3. The Morgan fingerprint density at radius 2 is 2.00 bits per heavy atom. The molecule has 2 aromatic heterocycles. The molecule has 0 unspecified atom stereocenters. The summed E-state index contributed by atoms with van der Waals surface area (Å²) in [5, 5.41) is 13.3. The van der Waals surface area contributed by atoms with Gasteiger partial charge in [-0.2, -0.15) is 5.10 Å². The fourth-order valence-corrected chi connectivity index (χ4v) is 4.04. The van der Waals surface area contributed by atoms with Crippen LogP contribution in [0.15, 0.2) is 88.1 Å². The van der Waals surface area contributed by atoms with Gasteiger partial charge in [-0.15, -0.1) is 0 Å². The molecule has 8 nitrogen and oxygen atoms in total. The van der Waals surface area contributed by atoms with Gasteiger partial charge in [0.15, 0.2) is 5.65 Å². The zero-order valence-corrected chi connectivity index (χ0v) is 16.7. The SMILES string of the molecule is C=C/C(=C\C=C/C)S(=O)(=O)c1cccc(-n2nc(C(=O)O)c(=O)c3cccnc32)c1. The topological polar surface area (TPSA) is 119 Å². The van der Waals surface area contributed by atoms with E-state index in [1.54, 1.807) is 25.1 Å². The molecule has 1 aromatic carbocycles. The number of pyridine rings is 1. The molecule has 3 rings (SSSR count). The smallest absolute Gasteiger partial charge is 0.360 e. The number of allylic oxidation sites excluding steroid dienone is 4. The Balaban J connectivity index is 2.29. The first kappa shape index (κ1) is 20.9. The highest BCUT2D eigenvalue weighted by molar-refractivity contribution is 7.95. The summed E-state index contributed by atoms with van der Waals surface area (Å²) >= 11 is 0. The van der Waals surface area contributed by atoms with Gasteiger partial charge in [0.25, 0.3) is 0 Å². The maximum Gasteiger partial charge on any atom is 0.360 e. The van der Waals surface area contributed by atoms with E-state index in [9.17, 15) is 23.1 Å². The highest BCUT2D eigenvalue weighted by Gasteiger charge is 2.21. The second-order valence-electron chi connectivity index (χ2n) is 6.07. The van der Waals surface area contributed by atoms with Crippen molar-refractivity contribution >= 4 is 26.8 Å². The summed E-state index contributed by atoms with van der Waals surface area (Å²) in [6.07, 6.45) is 7.35. The molecule has 0 aliphatic heterocycles. The zero-order chi connectivity index (χ0) is 21.9. The van der Waals surface area contributed by atoms with Crippen molar-refractivity contribution in [1.82, 2.24) is 14.8 Å². The summed E-state index contributed by atoms with van der Waals surface area (Å²) in [6.45, 7) is 5.31. The standard InChI is InChI=1S/C21H17N3O5S/c1-3-5-9-15(4-2)30(28,29)16-10-6-8-14(13-16)24-20-17(11-7-12-22-20)19(25)18(23-24)21(26)27/h3-13H,2H2,1H3,(H,26,27)/b5-3-,15-9+. The number of carboxylic acid groups (broad SMARTS) is 1. The average Bonchev–Trinajstić information content (AvgIpc) is 2.74. The maximum atomic E-state index is 13.0. The predicted octanol–water partition coefficient (Wildman–Crippen LogP) is 2.90. The lowest BCUT2D eigenvalue weighted by Crippen LogP contribution is -2.23. The molecule has 1 N–H and O–H groups in total. The Bertz CT molecular complexity index is 1390. The monoisotopic (exact) mass is 423 g/mol. The van der Waals surface area contributed by atoms with E-state index in [0.717, 1.165) is 4.68 Å². The van der Waals surface area contributed by atoms with Crippen LogP contribution in [0.2, 0.25) is 0 Å². The van der Waals surface area contributed by atoms with E-state index in [1.165, 1.54) is 48.7 Å². The van der Waals surface area contributed by atoms with Gasteiger partial charge in [0.2, 0.25) is 21.0 Å². The lowest BCUT2D eigenvalue weighted by Gasteiger charge is -2.12. The Hall–Kier alpha value is -3.85. The molecular formula is C21H17N3O5S. The number of aromatic carboxylic acids is 1. The van der Waals surface area contributed by atoms with Crippen LogP contribution in [-0.2, 0) is 9.84 Å². The molecule has 0 spiro atoms. The third-order valence-corrected chi connectivity index (χ3v) is 5.98. The van der Waals surface area contributed by atoms with E-state index in [-0.39, 0.29) is 26.5 Å². The molecule has 0 aliphatic carbocycles. The van der Waals surface area contributed by atoms with E-state index >= 15 is 0 Å². The summed E-state index contributed by atoms with van der Waals surface area (Å²) < 4.78 is 27.1. The van der Waals surface area contributed by atoms with Crippen molar-refractivity contribution in [3.8, 4) is 5.69 Å². The van der Waals surface area contributed by atoms with Crippen molar-refractivity contribution in [1.29, 1.82) is 0 Å². The van der Waals surface area contributed by atoms with Gasteiger partial charge >= 0.3 is 5.97 Å². The van der Waals surface area contributed by atoms with E-state index in [4.69, 9.17) is 0 Å². The molecule has 0 saturated carbocycles. The quantitative estimate of drug-likeness (QED) is 0.605. The van der Waals surface area contributed by atoms with E-state index in [2.05, 4.69) is 16.7 Å². The highest BCUT2D eigenvalue weighted by atomic mass is 32.2. The van der Waals surface area contributed by atoms with Crippen LogP contribution in [0.3, 0.4) is 0 Å². The summed E-state index contributed by atoms with van der Waals surface area (Å²) in [5.74, 6) is -1.49. The third kappa shape index (κ3) is 3.70. The number of carbonyl (C=O) groups is 1. The van der Waals surface area contributed by atoms with Gasteiger partial charge in [-0.05, 0) is 43.3 Å². The van der Waals surface area contributed by atoms with Gasteiger partial charge in [-0.25, -0.2) is 22.9 Å². The first-order valence-electron chi connectivity index (χ1n) is 8.73. The largest absolute Gasteiger partial charge is 0.476 e. The van der Waals surface area contributed by atoms with Crippen molar-refractivity contribution in [2.24, 2.45) is 0 Å². The fraction of sp³-hybridized carbons (Fsp3) is 0.0476. The first-order valence-corrected chi connectivity index (χ1v) is 10.2. The van der Waals surface area contributed by atoms with Crippen LogP contribution in [0.5, 0.6) is 0 Å². The minimum Gasteiger partial charge on any atom is -0.476 e. The Labute approximate surface area is 172 Å². The summed E-state index contributed by atoms with van der Waals surface area (Å²) in [5.41, 5.74) is -1.12. The molecule has 152 valence electrons. The van der Waals surface area contributed by atoms with E-state index in [1.807, 2.05) is 0 Å². The number of nitrogens with zero attached hydrogens (tertiary/aromatic N) is 3. The minimum absolute atomic E-state index is 0.000164. The van der Waals surface area contributed by atoms with Crippen LogP contribution in [0.25, 0.3) is 16.7 Å². The van der Waals surface area contributed by atoms with Crippen LogP contribution in [0.1, 0.15) is 17.4 Å². The van der Waals surface area contributed by atoms with Crippen LogP contribution in [-0.4, -0.2) is 34.3 Å². The van der Waals surface area contributed by atoms with Crippen molar-refractivity contribution in [3.63, 3.8) is 0 Å². The van der Waals surface area contributed by atoms with Crippen molar-refractivity contribution in [2.75, 3.05) is 0 Å². The Kier molecular flexibility index (Phi) is 5.74. The molecule has 0 aliphatic rings. The zero-order valence-electron chi connectivity index (χ0n) is 15.9. The second kappa shape index (κ2) is 8.26. The number of hydrogen-bond donors (Lipinski definition) is 1. The van der Waals surface area contributed by atoms with Gasteiger partial charge in [-0.3, -0.25) is 4.79 Å². The van der Waals surface area contributed by atoms with E-state index < -0.39 is 26.9 Å². The first-order chi connectivity index (χ1) is 14.3. The lowest BCUT2D eigenvalue weighted by atomic mass is 10.2. The van der Waals surface area contributed by atoms with Crippen LogP contribution in [0.4, 0.5) is 0 Å².